The summed E-state index contributed by atoms with van der Waals surface area (Å²) < 4.78 is 32.9. The van der Waals surface area contributed by atoms with Gasteiger partial charge in [-0.15, -0.1) is 0 Å². The molecule has 2 saturated heterocycles. The molecule has 1 amide bonds. The minimum absolute atomic E-state index is 0.140. The maximum Gasteiger partial charge on any atom is 0.257 e. The summed E-state index contributed by atoms with van der Waals surface area (Å²) in [6, 6.07) is 12.5. The van der Waals surface area contributed by atoms with Crippen molar-refractivity contribution in [2.24, 2.45) is 0 Å². The number of nitrogens with zero attached hydrogens (tertiary/aromatic N) is 2. The average molecular weight is 430 g/mol. The van der Waals surface area contributed by atoms with Gasteiger partial charge in [-0.25, -0.2) is 8.42 Å². The second-order valence-corrected chi connectivity index (χ2v) is 9.65. The van der Waals surface area contributed by atoms with Crippen molar-refractivity contribution in [2.45, 2.75) is 24.7 Å². The van der Waals surface area contributed by atoms with E-state index in [9.17, 15) is 13.2 Å². The lowest BCUT2D eigenvalue weighted by molar-refractivity contribution is 0.0730. The summed E-state index contributed by atoms with van der Waals surface area (Å²) >= 11 is 0. The molecule has 30 heavy (non-hydrogen) atoms. The fourth-order valence-electron chi connectivity index (χ4n) is 3.95. The summed E-state index contributed by atoms with van der Waals surface area (Å²) in [5.41, 5.74) is 2.89. The number of sulfonamides is 1. The predicted octanol–water partition coefficient (Wildman–Crippen LogP) is 2.87. The van der Waals surface area contributed by atoms with Crippen LogP contribution in [-0.4, -0.2) is 58.0 Å². The Labute approximate surface area is 177 Å². The number of nitrogens with one attached hydrogen (secondary N) is 1. The number of benzene rings is 2. The van der Waals surface area contributed by atoms with E-state index >= 15 is 0 Å². The molecular formula is C22H27N3O4S. The highest BCUT2D eigenvalue weighted by molar-refractivity contribution is 7.89. The first-order valence-electron chi connectivity index (χ1n) is 10.3. The van der Waals surface area contributed by atoms with Gasteiger partial charge in [0.05, 0.1) is 23.7 Å². The second kappa shape index (κ2) is 8.75. The van der Waals surface area contributed by atoms with Crippen LogP contribution in [0.25, 0.3) is 0 Å². The lowest BCUT2D eigenvalue weighted by Gasteiger charge is -2.27. The third-order valence-corrected chi connectivity index (χ3v) is 7.44. The standard InChI is InChI=1S/C22H27N3O4S/c1-17-5-4-6-18(15-17)23-22(26)20-16-19(7-8-21(20)24-9-2-3-10-24)30(27,28)25-11-13-29-14-12-25/h4-8,15-16H,2-3,9-14H2,1H3,(H,23,26). The van der Waals surface area contributed by atoms with Crippen LogP contribution >= 0.6 is 0 Å². The number of morpholine rings is 1. The van der Waals surface area contributed by atoms with Gasteiger partial charge >= 0.3 is 0 Å². The number of anilines is 2. The Bertz CT molecular complexity index is 1030. The van der Waals surface area contributed by atoms with Gasteiger partial charge in [0, 0.05) is 37.6 Å². The fourth-order valence-corrected chi connectivity index (χ4v) is 5.38. The van der Waals surface area contributed by atoms with Crippen LogP contribution in [0.15, 0.2) is 47.4 Å². The number of carbonyl (C=O) groups is 1. The van der Waals surface area contributed by atoms with Crippen molar-refractivity contribution in [3.8, 4) is 0 Å². The number of ether oxygens (including phenoxy) is 1. The first kappa shape index (κ1) is 20.8. The molecule has 2 aromatic rings. The highest BCUT2D eigenvalue weighted by Gasteiger charge is 2.29. The maximum absolute atomic E-state index is 13.2. The summed E-state index contributed by atoms with van der Waals surface area (Å²) in [7, 11) is -3.68. The lowest BCUT2D eigenvalue weighted by atomic mass is 10.1. The monoisotopic (exact) mass is 429 g/mol. The Kier molecular flexibility index (Phi) is 6.08. The molecule has 160 valence electrons. The third-order valence-electron chi connectivity index (χ3n) is 5.54. The third kappa shape index (κ3) is 4.35. The van der Waals surface area contributed by atoms with Gasteiger partial charge in [-0.1, -0.05) is 12.1 Å². The maximum atomic E-state index is 13.2. The largest absolute Gasteiger partial charge is 0.379 e. The Morgan fingerprint density at radius 1 is 1.00 bits per heavy atom. The van der Waals surface area contributed by atoms with Crippen LogP contribution in [0.5, 0.6) is 0 Å². The summed E-state index contributed by atoms with van der Waals surface area (Å²) in [5, 5.41) is 2.93. The fraction of sp³-hybridized carbons (Fsp3) is 0.409. The summed E-state index contributed by atoms with van der Waals surface area (Å²) in [4.78, 5) is 15.5. The van der Waals surface area contributed by atoms with Crippen molar-refractivity contribution in [3.63, 3.8) is 0 Å². The number of carbonyl (C=O) groups excluding carboxylic acids is 1. The number of hydrogen-bond acceptors (Lipinski definition) is 5. The summed E-state index contributed by atoms with van der Waals surface area (Å²) in [5.74, 6) is -0.304. The minimum atomic E-state index is -3.68. The molecule has 4 rings (SSSR count). The van der Waals surface area contributed by atoms with Crippen LogP contribution in [-0.2, 0) is 14.8 Å². The van der Waals surface area contributed by atoms with Crippen molar-refractivity contribution in [2.75, 3.05) is 49.6 Å². The molecule has 0 spiro atoms. The SMILES string of the molecule is Cc1cccc(NC(=O)c2cc(S(=O)(=O)N3CCOCC3)ccc2N2CCCC2)c1. The van der Waals surface area contributed by atoms with Crippen molar-refractivity contribution in [3.05, 3.63) is 53.6 Å². The number of hydrogen-bond donors (Lipinski definition) is 1. The van der Waals surface area contributed by atoms with Gasteiger partial charge in [0.25, 0.3) is 5.91 Å². The topological polar surface area (TPSA) is 79.0 Å². The van der Waals surface area contributed by atoms with Gasteiger partial charge < -0.3 is 15.0 Å². The van der Waals surface area contributed by atoms with Crippen LogP contribution in [0.3, 0.4) is 0 Å². The van der Waals surface area contributed by atoms with E-state index in [2.05, 4.69) is 10.2 Å². The normalized spacial score (nSPS) is 17.8. The van der Waals surface area contributed by atoms with Crippen LogP contribution in [0, 0.1) is 6.92 Å². The molecule has 0 atom stereocenters. The smallest absolute Gasteiger partial charge is 0.257 e. The average Bonchev–Trinajstić information content (AvgIpc) is 3.29. The van der Waals surface area contributed by atoms with E-state index in [-0.39, 0.29) is 10.8 Å². The Morgan fingerprint density at radius 2 is 1.73 bits per heavy atom. The van der Waals surface area contributed by atoms with Crippen molar-refractivity contribution >= 4 is 27.3 Å². The zero-order chi connectivity index (χ0) is 21.1. The van der Waals surface area contributed by atoms with Crippen LogP contribution in [0.1, 0.15) is 28.8 Å². The molecule has 1 N–H and O–H groups in total. The minimum Gasteiger partial charge on any atom is -0.379 e. The van der Waals surface area contributed by atoms with Gasteiger partial charge in [-0.3, -0.25) is 4.79 Å². The van der Waals surface area contributed by atoms with Gasteiger partial charge in [-0.2, -0.15) is 4.31 Å². The van der Waals surface area contributed by atoms with E-state index in [0.29, 0.717) is 37.6 Å². The molecule has 0 aromatic heterocycles. The molecule has 0 unspecified atom stereocenters. The molecule has 8 heteroatoms. The Balaban J connectivity index is 1.70. The van der Waals surface area contributed by atoms with E-state index in [0.717, 1.165) is 37.2 Å². The molecular weight excluding hydrogens is 402 g/mol. The predicted molar refractivity (Wildman–Crippen MR) is 117 cm³/mol. The zero-order valence-corrected chi connectivity index (χ0v) is 18.0. The first-order valence-corrected chi connectivity index (χ1v) is 11.7. The molecule has 0 aliphatic carbocycles. The van der Waals surface area contributed by atoms with E-state index < -0.39 is 10.0 Å². The zero-order valence-electron chi connectivity index (χ0n) is 17.1. The molecule has 2 aliphatic rings. The second-order valence-electron chi connectivity index (χ2n) is 7.71. The van der Waals surface area contributed by atoms with E-state index in [4.69, 9.17) is 4.74 Å². The molecule has 0 radical (unpaired) electrons. The molecule has 2 heterocycles. The van der Waals surface area contributed by atoms with E-state index in [1.54, 1.807) is 12.1 Å². The molecule has 2 fully saturated rings. The molecule has 0 saturated carbocycles. The molecule has 2 aromatic carbocycles. The lowest BCUT2D eigenvalue weighted by Crippen LogP contribution is -2.40. The van der Waals surface area contributed by atoms with Gasteiger partial charge in [0.15, 0.2) is 0 Å². The Morgan fingerprint density at radius 3 is 2.43 bits per heavy atom. The van der Waals surface area contributed by atoms with E-state index in [1.807, 2.05) is 31.2 Å². The van der Waals surface area contributed by atoms with Crippen molar-refractivity contribution in [1.82, 2.24) is 4.31 Å². The number of rotatable bonds is 5. The summed E-state index contributed by atoms with van der Waals surface area (Å²) in [6.07, 6.45) is 2.12. The van der Waals surface area contributed by atoms with Gasteiger partial charge in [0.2, 0.25) is 10.0 Å². The quantitative estimate of drug-likeness (QED) is 0.791. The number of aryl methyl sites for hydroxylation is 1. The Hall–Kier alpha value is -2.42. The first-order chi connectivity index (χ1) is 14.4. The van der Waals surface area contributed by atoms with Gasteiger partial charge in [-0.05, 0) is 55.7 Å². The van der Waals surface area contributed by atoms with Gasteiger partial charge in [0.1, 0.15) is 0 Å². The summed E-state index contributed by atoms with van der Waals surface area (Å²) in [6.45, 7) is 5.08. The van der Waals surface area contributed by atoms with Crippen molar-refractivity contribution in [1.29, 1.82) is 0 Å². The highest BCUT2D eigenvalue weighted by atomic mass is 32.2. The van der Waals surface area contributed by atoms with E-state index in [1.165, 1.54) is 10.4 Å². The van der Waals surface area contributed by atoms with Crippen LogP contribution in [0.4, 0.5) is 11.4 Å². The van der Waals surface area contributed by atoms with Crippen molar-refractivity contribution < 1.29 is 17.9 Å². The molecule has 2 aliphatic heterocycles. The van der Waals surface area contributed by atoms with Crippen LogP contribution < -0.4 is 10.2 Å². The highest BCUT2D eigenvalue weighted by Crippen LogP contribution is 2.29. The molecule has 7 nitrogen and oxygen atoms in total. The van der Waals surface area contributed by atoms with Crippen LogP contribution in [0.2, 0.25) is 0 Å². The molecule has 0 bridgehead atoms. The number of amides is 1.